The van der Waals surface area contributed by atoms with E-state index in [1.807, 2.05) is 11.8 Å². The molecule has 3 N–H and O–H groups in total. The Hall–Kier alpha value is -0.970. The fourth-order valence-corrected chi connectivity index (χ4v) is 3.80. The molecule has 2 nitrogen and oxygen atoms in total. The summed E-state index contributed by atoms with van der Waals surface area (Å²) >= 11 is 1.91. The molecule has 1 aromatic carbocycles. The van der Waals surface area contributed by atoms with Crippen LogP contribution in [0.2, 0.25) is 0 Å². The van der Waals surface area contributed by atoms with Crippen molar-refractivity contribution < 1.29 is 8.78 Å². The van der Waals surface area contributed by atoms with E-state index in [9.17, 15) is 8.78 Å². The van der Waals surface area contributed by atoms with Crippen LogP contribution in [0.15, 0.2) is 18.2 Å². The molecule has 1 aliphatic carbocycles. The van der Waals surface area contributed by atoms with Crippen molar-refractivity contribution in [2.45, 2.75) is 43.9 Å². The Balaban J connectivity index is 2.14. The van der Waals surface area contributed by atoms with Gasteiger partial charge in [0.2, 0.25) is 0 Å². The first kappa shape index (κ1) is 14.4. The van der Waals surface area contributed by atoms with Gasteiger partial charge in [-0.2, -0.15) is 11.8 Å². The summed E-state index contributed by atoms with van der Waals surface area (Å²) in [4.78, 5) is 0. The minimum absolute atomic E-state index is 0.00662. The van der Waals surface area contributed by atoms with Crippen LogP contribution >= 0.6 is 11.8 Å². The topological polar surface area (TPSA) is 38.0 Å². The number of hydrogen-bond donors (Lipinski definition) is 2. The normalized spacial score (nSPS) is 22.9. The third kappa shape index (κ3) is 3.53. The van der Waals surface area contributed by atoms with Crippen molar-refractivity contribution in [1.29, 1.82) is 0 Å². The maximum atomic E-state index is 13.0. The second kappa shape index (κ2) is 6.46. The van der Waals surface area contributed by atoms with Crippen molar-refractivity contribution in [3.05, 3.63) is 23.8 Å². The monoisotopic (exact) mass is 286 g/mol. The van der Waals surface area contributed by atoms with E-state index >= 15 is 0 Å². The van der Waals surface area contributed by atoms with Gasteiger partial charge in [0.05, 0.1) is 0 Å². The highest BCUT2D eigenvalue weighted by Gasteiger charge is 2.28. The number of anilines is 2. The molecule has 0 bridgehead atoms. The Morgan fingerprint density at radius 2 is 2.21 bits per heavy atom. The molecule has 0 radical (unpaired) electrons. The Morgan fingerprint density at radius 3 is 2.89 bits per heavy atom. The van der Waals surface area contributed by atoms with E-state index in [1.165, 1.54) is 6.07 Å². The second-order valence-corrected chi connectivity index (χ2v) is 6.34. The van der Waals surface area contributed by atoms with Gasteiger partial charge in [-0.15, -0.1) is 0 Å². The van der Waals surface area contributed by atoms with E-state index in [0.717, 1.165) is 25.0 Å². The summed E-state index contributed by atoms with van der Waals surface area (Å²) in [5, 5.41) is 3.82. The molecule has 2 unspecified atom stereocenters. The molecule has 1 aliphatic rings. The first-order chi connectivity index (χ1) is 9.11. The van der Waals surface area contributed by atoms with E-state index in [4.69, 9.17) is 5.73 Å². The minimum Gasteiger partial charge on any atom is -0.399 e. The third-order valence-corrected chi connectivity index (χ3v) is 4.81. The van der Waals surface area contributed by atoms with Crippen LogP contribution in [0.5, 0.6) is 0 Å². The van der Waals surface area contributed by atoms with Gasteiger partial charge >= 0.3 is 0 Å². The van der Waals surface area contributed by atoms with Gasteiger partial charge in [0.1, 0.15) is 0 Å². The van der Waals surface area contributed by atoms with Gasteiger partial charge in [-0.3, -0.25) is 0 Å². The van der Waals surface area contributed by atoms with Crippen molar-refractivity contribution in [3.63, 3.8) is 0 Å². The molecule has 0 aromatic heterocycles. The van der Waals surface area contributed by atoms with Gasteiger partial charge in [0.25, 0.3) is 6.43 Å². The number of nitrogens with two attached hydrogens (primary N) is 1. The summed E-state index contributed by atoms with van der Waals surface area (Å²) in [6.07, 6.45) is 0.874. The molecule has 2 atom stereocenters. The van der Waals surface area contributed by atoms with Gasteiger partial charge in [0, 0.05) is 28.2 Å². The Morgan fingerprint density at radius 1 is 1.42 bits per heavy atom. The molecule has 2 rings (SSSR count). The van der Waals surface area contributed by atoms with Crippen molar-refractivity contribution in [2.24, 2.45) is 0 Å². The quantitative estimate of drug-likeness (QED) is 0.793. The largest absolute Gasteiger partial charge is 0.399 e. The number of thioether (sulfide) groups is 1. The lowest BCUT2D eigenvalue weighted by Crippen LogP contribution is -2.26. The highest BCUT2D eigenvalue weighted by atomic mass is 32.2. The number of hydrogen-bond acceptors (Lipinski definition) is 3. The summed E-state index contributed by atoms with van der Waals surface area (Å²) in [5.74, 6) is 1.06. The van der Waals surface area contributed by atoms with Crippen LogP contribution in [0.4, 0.5) is 20.2 Å². The first-order valence-electron chi connectivity index (χ1n) is 6.67. The smallest absolute Gasteiger partial charge is 0.265 e. The molecule has 106 valence electrons. The van der Waals surface area contributed by atoms with Crippen LogP contribution in [0.1, 0.15) is 38.2 Å². The zero-order chi connectivity index (χ0) is 13.8. The van der Waals surface area contributed by atoms with Crippen LogP contribution in [-0.4, -0.2) is 17.0 Å². The molecule has 1 saturated carbocycles. The molecule has 5 heteroatoms. The zero-order valence-corrected chi connectivity index (χ0v) is 11.9. The van der Waals surface area contributed by atoms with Crippen molar-refractivity contribution in [3.8, 4) is 0 Å². The van der Waals surface area contributed by atoms with E-state index < -0.39 is 6.43 Å². The summed E-state index contributed by atoms with van der Waals surface area (Å²) < 4.78 is 26.1. The Kier molecular flexibility index (Phi) is 4.91. The predicted molar refractivity (Wildman–Crippen MR) is 79.0 cm³/mol. The SMILES string of the molecule is CCSC1CCCC1Nc1ccc(N)cc1C(F)F. The van der Waals surface area contributed by atoms with Crippen molar-refractivity contribution >= 4 is 23.1 Å². The van der Waals surface area contributed by atoms with Crippen LogP contribution in [0.25, 0.3) is 0 Å². The minimum atomic E-state index is -2.50. The molecule has 0 aliphatic heterocycles. The maximum Gasteiger partial charge on any atom is 0.265 e. The van der Waals surface area contributed by atoms with Crippen molar-refractivity contribution in [2.75, 3.05) is 16.8 Å². The first-order valence-corrected chi connectivity index (χ1v) is 7.72. The molecule has 0 saturated heterocycles. The number of nitrogens with one attached hydrogen (secondary N) is 1. The Labute approximate surface area is 117 Å². The number of alkyl halides is 2. The molecule has 1 aromatic rings. The molecule has 0 amide bonds. The van der Waals surface area contributed by atoms with Gasteiger partial charge in [-0.05, 0) is 36.8 Å². The standard InChI is InChI=1S/C14H20F2N2S/c1-2-19-13-5-3-4-12(13)18-11-7-6-9(17)8-10(11)14(15)16/h6-8,12-14,18H,2-5,17H2,1H3. The fourth-order valence-electron chi connectivity index (χ4n) is 2.60. The lowest BCUT2D eigenvalue weighted by Gasteiger charge is -2.23. The summed E-state index contributed by atoms with van der Waals surface area (Å²) in [7, 11) is 0. The average Bonchev–Trinajstić information content (AvgIpc) is 2.79. The number of nitrogen functional groups attached to an aromatic ring is 1. The maximum absolute atomic E-state index is 13.0. The van der Waals surface area contributed by atoms with E-state index in [-0.39, 0.29) is 11.6 Å². The molecule has 0 heterocycles. The molecule has 0 spiro atoms. The van der Waals surface area contributed by atoms with Gasteiger partial charge in [-0.25, -0.2) is 8.78 Å². The number of benzene rings is 1. The summed E-state index contributed by atoms with van der Waals surface area (Å²) in [5.41, 5.74) is 6.50. The van der Waals surface area contributed by atoms with E-state index in [1.54, 1.807) is 12.1 Å². The number of halogens is 2. The van der Waals surface area contributed by atoms with Gasteiger partial charge in [0.15, 0.2) is 0 Å². The Bertz CT molecular complexity index is 426. The lowest BCUT2D eigenvalue weighted by molar-refractivity contribution is 0.152. The molecule has 1 fully saturated rings. The molecule has 19 heavy (non-hydrogen) atoms. The summed E-state index contributed by atoms with van der Waals surface area (Å²) in [6.45, 7) is 2.13. The average molecular weight is 286 g/mol. The van der Waals surface area contributed by atoms with Crippen LogP contribution in [-0.2, 0) is 0 Å². The lowest BCUT2D eigenvalue weighted by atomic mass is 10.1. The van der Waals surface area contributed by atoms with Crippen LogP contribution in [0.3, 0.4) is 0 Å². The highest BCUT2D eigenvalue weighted by molar-refractivity contribution is 7.99. The summed E-state index contributed by atoms with van der Waals surface area (Å²) in [6, 6.07) is 4.99. The molecular weight excluding hydrogens is 266 g/mol. The second-order valence-electron chi connectivity index (χ2n) is 4.82. The van der Waals surface area contributed by atoms with Crippen molar-refractivity contribution in [1.82, 2.24) is 0 Å². The van der Waals surface area contributed by atoms with Crippen LogP contribution < -0.4 is 11.1 Å². The predicted octanol–water partition coefficient (Wildman–Crippen LogP) is 4.29. The van der Waals surface area contributed by atoms with Crippen LogP contribution in [0, 0.1) is 0 Å². The highest BCUT2D eigenvalue weighted by Crippen LogP contribution is 2.35. The van der Waals surface area contributed by atoms with E-state index in [2.05, 4.69) is 12.2 Å². The number of rotatable bonds is 5. The zero-order valence-electron chi connectivity index (χ0n) is 11.0. The van der Waals surface area contributed by atoms with Gasteiger partial charge < -0.3 is 11.1 Å². The van der Waals surface area contributed by atoms with Gasteiger partial charge in [-0.1, -0.05) is 13.3 Å². The van der Waals surface area contributed by atoms with E-state index in [0.29, 0.717) is 16.6 Å². The third-order valence-electron chi connectivity index (χ3n) is 3.48. The molecular formula is C14H20F2N2S. The fraction of sp³-hybridized carbons (Fsp3) is 0.571.